The molecule has 1 atom stereocenters. The Balaban J connectivity index is 1.33. The molecule has 0 radical (unpaired) electrons. The Morgan fingerprint density at radius 1 is 0.946 bits per heavy atom. The molecule has 4 rings (SSSR count). The lowest BCUT2D eigenvalue weighted by molar-refractivity contribution is -0.137. The largest absolute Gasteiger partial charge is 0.491 e. The van der Waals surface area contributed by atoms with E-state index >= 15 is 0 Å². The molecule has 1 aromatic heterocycles. The molecule has 192 valence electrons. The summed E-state index contributed by atoms with van der Waals surface area (Å²) in [7, 11) is 0. The van der Waals surface area contributed by atoms with Crippen LogP contribution in [0.25, 0.3) is 22.3 Å². The van der Waals surface area contributed by atoms with Crippen molar-refractivity contribution in [3.8, 4) is 17.1 Å². The quantitative estimate of drug-likeness (QED) is 0.174. The zero-order valence-corrected chi connectivity index (χ0v) is 21.1. The Hall–Kier alpha value is -4.06. The molecular formula is C31H33NO5. The maximum atomic E-state index is 12.3. The van der Waals surface area contributed by atoms with E-state index in [1.165, 1.54) is 0 Å². The van der Waals surface area contributed by atoms with Crippen molar-refractivity contribution in [2.24, 2.45) is 0 Å². The molecule has 37 heavy (non-hydrogen) atoms. The molecule has 3 aromatic carbocycles. The number of carboxylic acid groups (broad SMARTS) is 1. The molecule has 0 unspecified atom stereocenters. The Morgan fingerprint density at radius 2 is 1.70 bits per heavy atom. The number of benzene rings is 3. The van der Waals surface area contributed by atoms with Gasteiger partial charge in [0.2, 0.25) is 0 Å². The molecule has 0 bridgehead atoms. The van der Waals surface area contributed by atoms with Gasteiger partial charge in [-0.05, 0) is 73.5 Å². The molecule has 0 aliphatic rings. The summed E-state index contributed by atoms with van der Waals surface area (Å²) in [6.07, 6.45) is 3.72. The monoisotopic (exact) mass is 499 g/mol. The van der Waals surface area contributed by atoms with Gasteiger partial charge in [-0.25, -0.2) is 0 Å². The van der Waals surface area contributed by atoms with Crippen molar-refractivity contribution >= 4 is 28.4 Å². The number of rotatable bonds is 14. The first-order valence-corrected chi connectivity index (χ1v) is 12.8. The molecule has 0 saturated carbocycles. The molecule has 0 amide bonds. The summed E-state index contributed by atoms with van der Waals surface area (Å²) < 4.78 is 12.1. The minimum atomic E-state index is -0.880. The number of ketones is 1. The number of aliphatic carboxylic acids is 1. The average molecular weight is 500 g/mol. The van der Waals surface area contributed by atoms with Gasteiger partial charge < -0.3 is 19.6 Å². The van der Waals surface area contributed by atoms with E-state index < -0.39 is 5.97 Å². The SMILES string of the molecule is CCCC[C@@H](COc1ccc(-c2cc3ccccc3o2)cc1)Nc1ccc(C(=O)CCCC(=O)O)cc1. The summed E-state index contributed by atoms with van der Waals surface area (Å²) in [6, 6.07) is 25.4. The second-order valence-electron chi connectivity index (χ2n) is 9.22. The Bertz CT molecular complexity index is 1270. The topological polar surface area (TPSA) is 88.8 Å². The number of hydrogen-bond donors (Lipinski definition) is 2. The predicted octanol–water partition coefficient (Wildman–Crippen LogP) is 7.59. The first-order valence-electron chi connectivity index (χ1n) is 12.8. The summed E-state index contributed by atoms with van der Waals surface area (Å²) in [4.78, 5) is 22.9. The number of carbonyl (C=O) groups is 2. The van der Waals surface area contributed by atoms with Crippen LogP contribution in [0, 0.1) is 0 Å². The molecule has 4 aromatic rings. The lowest BCUT2D eigenvalue weighted by Gasteiger charge is -2.20. The van der Waals surface area contributed by atoms with Crippen molar-refractivity contribution in [2.45, 2.75) is 51.5 Å². The highest BCUT2D eigenvalue weighted by atomic mass is 16.5. The highest BCUT2D eigenvalue weighted by molar-refractivity contribution is 5.96. The molecular weight excluding hydrogens is 466 g/mol. The summed E-state index contributed by atoms with van der Waals surface area (Å²) >= 11 is 0. The van der Waals surface area contributed by atoms with Crippen LogP contribution < -0.4 is 10.1 Å². The van der Waals surface area contributed by atoms with E-state index in [0.717, 1.165) is 53.0 Å². The number of carbonyl (C=O) groups excluding carboxylic acids is 1. The van der Waals surface area contributed by atoms with E-state index in [1.807, 2.05) is 66.7 Å². The molecule has 0 fully saturated rings. The molecule has 0 aliphatic carbocycles. The van der Waals surface area contributed by atoms with Crippen LogP contribution >= 0.6 is 0 Å². The zero-order chi connectivity index (χ0) is 26.0. The van der Waals surface area contributed by atoms with Crippen LogP contribution in [0.4, 0.5) is 5.69 Å². The smallest absolute Gasteiger partial charge is 0.303 e. The van der Waals surface area contributed by atoms with Crippen LogP contribution in [-0.2, 0) is 4.79 Å². The molecule has 6 heteroatoms. The van der Waals surface area contributed by atoms with Crippen molar-refractivity contribution in [3.63, 3.8) is 0 Å². The number of unbranched alkanes of at least 4 members (excludes halogenated alkanes) is 1. The molecule has 0 spiro atoms. The summed E-state index contributed by atoms with van der Waals surface area (Å²) in [5.41, 5.74) is 3.40. The van der Waals surface area contributed by atoms with Crippen LogP contribution in [-0.4, -0.2) is 29.5 Å². The van der Waals surface area contributed by atoms with E-state index in [1.54, 1.807) is 12.1 Å². The van der Waals surface area contributed by atoms with Gasteiger partial charge in [-0.1, -0.05) is 38.0 Å². The number of nitrogens with one attached hydrogen (secondary N) is 1. The van der Waals surface area contributed by atoms with E-state index in [0.29, 0.717) is 18.6 Å². The summed E-state index contributed by atoms with van der Waals surface area (Å²) in [6.45, 7) is 2.68. The number of Topliss-reactive ketones (excluding diaryl/α,β-unsaturated/α-hetero) is 1. The third-order valence-electron chi connectivity index (χ3n) is 6.29. The van der Waals surface area contributed by atoms with E-state index in [4.69, 9.17) is 14.3 Å². The second-order valence-corrected chi connectivity index (χ2v) is 9.22. The van der Waals surface area contributed by atoms with Crippen LogP contribution in [0.3, 0.4) is 0 Å². The third-order valence-corrected chi connectivity index (χ3v) is 6.29. The van der Waals surface area contributed by atoms with Crippen molar-refractivity contribution in [1.29, 1.82) is 0 Å². The minimum Gasteiger partial charge on any atom is -0.491 e. The van der Waals surface area contributed by atoms with Gasteiger partial charge in [0.25, 0.3) is 0 Å². The van der Waals surface area contributed by atoms with Gasteiger partial charge in [0.05, 0.1) is 6.04 Å². The number of ether oxygens (including phenoxy) is 1. The van der Waals surface area contributed by atoms with Gasteiger partial charge in [0.1, 0.15) is 23.7 Å². The normalized spacial score (nSPS) is 11.8. The highest BCUT2D eigenvalue weighted by Gasteiger charge is 2.12. The Morgan fingerprint density at radius 3 is 2.41 bits per heavy atom. The number of carboxylic acids is 1. The fourth-order valence-electron chi connectivity index (χ4n) is 4.22. The van der Waals surface area contributed by atoms with Crippen LogP contribution in [0.2, 0.25) is 0 Å². The van der Waals surface area contributed by atoms with Crippen LogP contribution in [0.1, 0.15) is 55.8 Å². The molecule has 0 saturated heterocycles. The Labute approximate surface area is 217 Å². The molecule has 1 heterocycles. The lowest BCUT2D eigenvalue weighted by Crippen LogP contribution is -2.27. The number of para-hydroxylation sites is 1. The zero-order valence-electron chi connectivity index (χ0n) is 21.1. The number of anilines is 1. The second kappa shape index (κ2) is 12.8. The van der Waals surface area contributed by atoms with Gasteiger partial charge in [0, 0.05) is 35.0 Å². The predicted molar refractivity (Wildman–Crippen MR) is 146 cm³/mol. The first-order chi connectivity index (χ1) is 18.0. The van der Waals surface area contributed by atoms with Gasteiger partial charge in [-0.2, -0.15) is 0 Å². The van der Waals surface area contributed by atoms with Gasteiger partial charge in [-0.15, -0.1) is 0 Å². The van der Waals surface area contributed by atoms with Gasteiger partial charge in [-0.3, -0.25) is 9.59 Å². The lowest BCUT2D eigenvalue weighted by atomic mass is 10.0. The summed E-state index contributed by atoms with van der Waals surface area (Å²) in [5, 5.41) is 13.4. The fourth-order valence-corrected chi connectivity index (χ4v) is 4.22. The molecule has 6 nitrogen and oxygen atoms in total. The van der Waals surface area contributed by atoms with Gasteiger partial charge >= 0.3 is 5.97 Å². The fraction of sp³-hybridized carbons (Fsp3) is 0.290. The van der Waals surface area contributed by atoms with Crippen molar-refractivity contribution in [1.82, 2.24) is 0 Å². The van der Waals surface area contributed by atoms with Crippen molar-refractivity contribution < 1.29 is 23.8 Å². The van der Waals surface area contributed by atoms with Gasteiger partial charge in [0.15, 0.2) is 5.78 Å². The molecule has 2 N–H and O–H groups in total. The van der Waals surface area contributed by atoms with Crippen molar-refractivity contribution in [2.75, 3.05) is 11.9 Å². The maximum absolute atomic E-state index is 12.3. The Kier molecular flexibility index (Phi) is 8.98. The van der Waals surface area contributed by atoms with E-state index in [9.17, 15) is 9.59 Å². The third kappa shape index (κ3) is 7.46. The van der Waals surface area contributed by atoms with E-state index in [2.05, 4.69) is 12.2 Å². The highest BCUT2D eigenvalue weighted by Crippen LogP contribution is 2.29. The minimum absolute atomic E-state index is 0.00706. The maximum Gasteiger partial charge on any atom is 0.303 e. The summed E-state index contributed by atoms with van der Waals surface area (Å²) in [5.74, 6) is 0.712. The van der Waals surface area contributed by atoms with Crippen LogP contribution in [0.15, 0.2) is 83.3 Å². The number of furan rings is 1. The first kappa shape index (κ1) is 26.0. The standard InChI is InChI=1S/C31H33NO5/c1-2-3-8-26(32-25-16-12-22(13-17-25)28(33)9-6-11-31(34)35)21-36-27-18-14-23(15-19-27)30-20-24-7-4-5-10-29(24)37-30/h4-5,7,10,12-20,26,32H,2-3,6,8-9,11,21H2,1H3,(H,34,35)/t26-/m0/s1. The molecule has 0 aliphatic heterocycles. The number of fused-ring (bicyclic) bond motifs is 1. The average Bonchev–Trinajstić information content (AvgIpc) is 3.35. The van der Waals surface area contributed by atoms with Crippen molar-refractivity contribution in [3.05, 3.63) is 84.4 Å². The number of hydrogen-bond acceptors (Lipinski definition) is 5. The van der Waals surface area contributed by atoms with E-state index in [-0.39, 0.29) is 24.7 Å². The van der Waals surface area contributed by atoms with Crippen LogP contribution in [0.5, 0.6) is 5.75 Å².